The molecule has 8 nitrogen and oxygen atoms in total. The first-order valence-electron chi connectivity index (χ1n) is 11.0. The van der Waals surface area contributed by atoms with Gasteiger partial charge < -0.3 is 15.4 Å². The second kappa shape index (κ2) is 10.1. The number of aromatic nitrogens is 3. The predicted octanol–water partition coefficient (Wildman–Crippen LogP) is 4.59. The molecule has 0 saturated heterocycles. The number of alkyl halides is 3. The van der Waals surface area contributed by atoms with Crippen molar-refractivity contribution < 1.29 is 36.3 Å². The summed E-state index contributed by atoms with van der Waals surface area (Å²) in [6.45, 7) is -0.319. The summed E-state index contributed by atoms with van der Waals surface area (Å²) in [5, 5.41) is 4.77. The summed E-state index contributed by atoms with van der Waals surface area (Å²) < 4.78 is 73.1. The maximum atomic E-state index is 14.6. The van der Waals surface area contributed by atoms with Gasteiger partial charge in [0.15, 0.2) is 5.78 Å². The Balaban J connectivity index is 1.39. The zero-order valence-electron chi connectivity index (χ0n) is 19.3. The Morgan fingerprint density at radius 1 is 1.05 bits per heavy atom. The van der Waals surface area contributed by atoms with Crippen molar-refractivity contribution in [3.63, 3.8) is 0 Å². The van der Waals surface area contributed by atoms with Gasteiger partial charge in [0.25, 0.3) is 0 Å². The van der Waals surface area contributed by atoms with Crippen LogP contribution in [0.4, 0.5) is 33.3 Å². The second-order valence-corrected chi connectivity index (χ2v) is 8.46. The summed E-state index contributed by atoms with van der Waals surface area (Å²) in [5.41, 5.74) is -3.23. The lowest BCUT2D eigenvalue weighted by molar-refractivity contribution is -0.137. The van der Waals surface area contributed by atoms with E-state index in [1.54, 1.807) is 0 Å². The molecule has 1 amide bonds. The summed E-state index contributed by atoms with van der Waals surface area (Å²) in [5.74, 6) is -2.88. The van der Waals surface area contributed by atoms with Gasteiger partial charge in [0.1, 0.15) is 11.6 Å². The van der Waals surface area contributed by atoms with Crippen molar-refractivity contribution in [1.82, 2.24) is 20.3 Å². The van der Waals surface area contributed by atoms with Crippen LogP contribution in [0.15, 0.2) is 42.9 Å². The average Bonchev–Trinajstić information content (AvgIpc) is 3.64. The van der Waals surface area contributed by atoms with E-state index in [0.717, 1.165) is 24.4 Å². The van der Waals surface area contributed by atoms with E-state index in [9.17, 15) is 31.5 Å². The number of amides is 1. The summed E-state index contributed by atoms with van der Waals surface area (Å²) in [6, 6.07) is 3.39. The largest absolute Gasteiger partial charge is 0.467 e. The van der Waals surface area contributed by atoms with E-state index in [4.69, 9.17) is 4.74 Å². The Labute approximate surface area is 207 Å². The Morgan fingerprint density at radius 2 is 1.76 bits per heavy atom. The molecule has 2 N–H and O–H groups in total. The number of benzene rings is 1. The number of anilines is 2. The minimum atomic E-state index is -4.83. The van der Waals surface area contributed by atoms with Gasteiger partial charge in [-0.15, -0.1) is 0 Å². The number of rotatable bonds is 9. The highest BCUT2D eigenvalue weighted by Crippen LogP contribution is 2.49. The molecule has 0 aliphatic heterocycles. The molecule has 0 bridgehead atoms. The third kappa shape index (κ3) is 5.81. The molecule has 2 aromatic heterocycles. The van der Waals surface area contributed by atoms with Gasteiger partial charge in [0, 0.05) is 24.9 Å². The van der Waals surface area contributed by atoms with Crippen molar-refractivity contribution in [3.8, 4) is 6.01 Å². The van der Waals surface area contributed by atoms with Crippen LogP contribution in [0.5, 0.6) is 6.01 Å². The van der Waals surface area contributed by atoms with E-state index >= 15 is 0 Å². The summed E-state index contributed by atoms with van der Waals surface area (Å²) in [7, 11) is 1.38. The van der Waals surface area contributed by atoms with Crippen molar-refractivity contribution in [2.45, 2.75) is 32.0 Å². The summed E-state index contributed by atoms with van der Waals surface area (Å²) in [4.78, 5) is 36.9. The summed E-state index contributed by atoms with van der Waals surface area (Å²) >= 11 is 0. The van der Waals surface area contributed by atoms with E-state index in [1.165, 1.54) is 19.5 Å². The van der Waals surface area contributed by atoms with E-state index < -0.39 is 40.4 Å². The van der Waals surface area contributed by atoms with Gasteiger partial charge in [-0.1, -0.05) is 6.07 Å². The number of ether oxygens (including phenoxy) is 1. The fraction of sp³-hybridized carbons (Fsp3) is 0.292. The van der Waals surface area contributed by atoms with Gasteiger partial charge in [0.2, 0.25) is 5.91 Å². The minimum Gasteiger partial charge on any atom is -0.467 e. The van der Waals surface area contributed by atoms with Crippen LogP contribution in [0.2, 0.25) is 0 Å². The van der Waals surface area contributed by atoms with Crippen LogP contribution in [0.3, 0.4) is 0 Å². The summed E-state index contributed by atoms with van der Waals surface area (Å²) in [6.07, 6.45) is -0.364. The molecule has 37 heavy (non-hydrogen) atoms. The molecule has 2 heterocycles. The van der Waals surface area contributed by atoms with Gasteiger partial charge >= 0.3 is 12.2 Å². The molecule has 3 aromatic rings. The van der Waals surface area contributed by atoms with Crippen LogP contribution in [-0.4, -0.2) is 33.8 Å². The van der Waals surface area contributed by atoms with Crippen LogP contribution >= 0.6 is 0 Å². The molecule has 0 radical (unpaired) electrons. The Morgan fingerprint density at radius 3 is 2.35 bits per heavy atom. The van der Waals surface area contributed by atoms with Crippen LogP contribution in [0.1, 0.15) is 40.9 Å². The van der Waals surface area contributed by atoms with Gasteiger partial charge in [0.05, 0.1) is 53.5 Å². The topological polar surface area (TPSA) is 106 Å². The maximum Gasteiger partial charge on any atom is 0.418 e. The number of carbonyl (C=O) groups excluding carboxylic acids is 2. The first-order chi connectivity index (χ1) is 17.5. The molecule has 1 aliphatic carbocycles. The number of hydrogen-bond acceptors (Lipinski definition) is 7. The molecule has 1 aromatic carbocycles. The lowest BCUT2D eigenvalue weighted by atomic mass is 9.96. The molecule has 0 atom stereocenters. The molecule has 1 fully saturated rings. The fourth-order valence-electron chi connectivity index (χ4n) is 3.66. The van der Waals surface area contributed by atoms with Crippen molar-refractivity contribution >= 4 is 23.1 Å². The van der Waals surface area contributed by atoms with Gasteiger partial charge in [-0.2, -0.15) is 13.2 Å². The lowest BCUT2D eigenvalue weighted by Crippen LogP contribution is -2.33. The molecule has 0 unspecified atom stereocenters. The molecular weight excluding hydrogens is 501 g/mol. The second-order valence-electron chi connectivity index (χ2n) is 8.46. The number of nitrogens with zero attached hydrogens (tertiary/aromatic N) is 3. The standard InChI is InChI=1S/C24H20F5N5O3/c1-37-22-32-9-13(10-33-22)19(35)8-23(5-6-23)21(36)31-12-18-17(26)7-14(11-30-18)34-20-15(24(27,28)29)3-2-4-16(20)25/h2-4,7,9-11,34H,5-6,8,12H2,1H3,(H,31,36). The highest BCUT2D eigenvalue weighted by molar-refractivity contribution is 6.00. The molecule has 13 heteroatoms. The van der Waals surface area contributed by atoms with Crippen molar-refractivity contribution in [3.05, 3.63) is 71.3 Å². The zero-order chi connectivity index (χ0) is 26.8. The highest BCUT2D eigenvalue weighted by atomic mass is 19.4. The molecule has 194 valence electrons. The van der Waals surface area contributed by atoms with E-state index in [-0.39, 0.29) is 41.7 Å². The van der Waals surface area contributed by atoms with E-state index in [0.29, 0.717) is 18.9 Å². The van der Waals surface area contributed by atoms with Gasteiger partial charge in [-0.25, -0.2) is 18.7 Å². The number of Topliss-reactive ketones (excluding diaryl/α,β-unsaturated/α-hetero) is 1. The Hall–Kier alpha value is -4.16. The molecule has 0 spiro atoms. The van der Waals surface area contributed by atoms with Crippen LogP contribution in [0.25, 0.3) is 0 Å². The van der Waals surface area contributed by atoms with Crippen LogP contribution in [0, 0.1) is 17.0 Å². The van der Waals surface area contributed by atoms with Crippen molar-refractivity contribution in [2.24, 2.45) is 5.41 Å². The number of nitrogens with one attached hydrogen (secondary N) is 2. The van der Waals surface area contributed by atoms with Crippen molar-refractivity contribution in [2.75, 3.05) is 12.4 Å². The normalized spacial score (nSPS) is 14.1. The van der Waals surface area contributed by atoms with E-state index in [1.807, 2.05) is 0 Å². The van der Waals surface area contributed by atoms with E-state index in [2.05, 4.69) is 25.6 Å². The smallest absolute Gasteiger partial charge is 0.418 e. The molecule has 4 rings (SSSR count). The number of carbonyl (C=O) groups is 2. The number of pyridine rings is 1. The monoisotopic (exact) mass is 521 g/mol. The van der Waals surface area contributed by atoms with Crippen molar-refractivity contribution in [1.29, 1.82) is 0 Å². The SMILES string of the molecule is COc1ncc(C(=O)CC2(C(=O)NCc3ncc(Nc4c(F)cccc4C(F)(F)F)cc3F)CC2)cn1. The Kier molecular flexibility index (Phi) is 7.05. The predicted molar refractivity (Wildman–Crippen MR) is 120 cm³/mol. The number of methoxy groups -OCH3 is 1. The number of halogens is 5. The molecule has 1 saturated carbocycles. The van der Waals surface area contributed by atoms with Crippen LogP contribution < -0.4 is 15.4 Å². The quantitative estimate of drug-likeness (QED) is 0.313. The number of para-hydroxylation sites is 1. The van der Waals surface area contributed by atoms with Gasteiger partial charge in [-0.05, 0) is 25.0 Å². The third-order valence-corrected chi connectivity index (χ3v) is 5.89. The number of ketones is 1. The minimum absolute atomic E-state index is 0.0858. The zero-order valence-corrected chi connectivity index (χ0v) is 19.3. The molecular formula is C24H20F5N5O3. The maximum absolute atomic E-state index is 14.6. The average molecular weight is 521 g/mol. The Bertz CT molecular complexity index is 1330. The third-order valence-electron chi connectivity index (χ3n) is 5.89. The van der Waals surface area contributed by atoms with Gasteiger partial charge in [-0.3, -0.25) is 14.6 Å². The first kappa shape index (κ1) is 25.9. The number of hydrogen-bond donors (Lipinski definition) is 2. The highest BCUT2D eigenvalue weighted by Gasteiger charge is 2.51. The molecule has 1 aliphatic rings. The lowest BCUT2D eigenvalue weighted by Gasteiger charge is -2.16. The van der Waals surface area contributed by atoms with Crippen LogP contribution in [-0.2, 0) is 17.5 Å². The fourth-order valence-corrected chi connectivity index (χ4v) is 3.66. The first-order valence-corrected chi connectivity index (χ1v) is 11.0.